The van der Waals surface area contributed by atoms with E-state index in [2.05, 4.69) is 16.9 Å². The van der Waals surface area contributed by atoms with Crippen LogP contribution in [-0.4, -0.2) is 38.7 Å². The van der Waals surface area contributed by atoms with E-state index in [9.17, 15) is 18.0 Å². The number of carbonyl (C=O) groups excluding carboxylic acids is 1. The van der Waals surface area contributed by atoms with Gasteiger partial charge in [-0.1, -0.05) is 24.8 Å². The standard InChI is InChI=1S/C26H22F3N5O/c1-2-24(35)33-13-11-21(16-33)34-23-10-12-30-15-22(23)25(32-34)17-6-8-19(9-7-17)31-20-5-3-4-18(14-20)26(27,28)29/h2-10,12,14-15,21,31H,1,11,13,16H2/t21-/m1/s1. The van der Waals surface area contributed by atoms with E-state index in [-0.39, 0.29) is 11.9 Å². The average molecular weight is 477 g/mol. The molecule has 0 spiro atoms. The number of halogens is 3. The van der Waals surface area contributed by atoms with Crippen molar-refractivity contribution in [2.24, 2.45) is 0 Å². The van der Waals surface area contributed by atoms with Crippen LogP contribution in [0.15, 0.2) is 79.6 Å². The number of nitrogens with one attached hydrogen (secondary N) is 1. The fourth-order valence-corrected chi connectivity index (χ4v) is 4.40. The summed E-state index contributed by atoms with van der Waals surface area (Å²) in [4.78, 5) is 18.0. The molecule has 178 valence electrons. The lowest BCUT2D eigenvalue weighted by Gasteiger charge is -2.15. The van der Waals surface area contributed by atoms with E-state index in [0.717, 1.165) is 40.7 Å². The number of rotatable bonds is 5. The summed E-state index contributed by atoms with van der Waals surface area (Å²) in [7, 11) is 0. The summed E-state index contributed by atoms with van der Waals surface area (Å²) >= 11 is 0. The molecule has 5 rings (SSSR count). The third-order valence-electron chi connectivity index (χ3n) is 6.14. The summed E-state index contributed by atoms with van der Waals surface area (Å²) in [5.41, 5.74) is 2.85. The van der Waals surface area contributed by atoms with Crippen LogP contribution < -0.4 is 5.32 Å². The predicted octanol–water partition coefficient (Wildman–Crippen LogP) is 5.82. The second-order valence-electron chi connectivity index (χ2n) is 8.40. The highest BCUT2D eigenvalue weighted by molar-refractivity contribution is 5.93. The molecule has 4 aromatic rings. The Hall–Kier alpha value is -4.14. The number of aromatic nitrogens is 3. The van der Waals surface area contributed by atoms with Gasteiger partial charge in [0, 0.05) is 47.8 Å². The van der Waals surface area contributed by atoms with Crippen molar-refractivity contribution in [1.82, 2.24) is 19.7 Å². The molecule has 3 heterocycles. The lowest BCUT2D eigenvalue weighted by atomic mass is 10.1. The van der Waals surface area contributed by atoms with Gasteiger partial charge in [-0.15, -0.1) is 0 Å². The first-order valence-electron chi connectivity index (χ1n) is 11.1. The van der Waals surface area contributed by atoms with Crippen molar-refractivity contribution in [3.8, 4) is 11.3 Å². The number of likely N-dealkylation sites (tertiary alicyclic amines) is 1. The van der Waals surface area contributed by atoms with Crippen molar-refractivity contribution < 1.29 is 18.0 Å². The van der Waals surface area contributed by atoms with Crippen LogP contribution in [0.4, 0.5) is 24.5 Å². The molecule has 35 heavy (non-hydrogen) atoms. The molecular formula is C26H22F3N5O. The Morgan fingerprint density at radius 1 is 1.11 bits per heavy atom. The number of anilines is 2. The molecule has 1 atom stereocenters. The van der Waals surface area contributed by atoms with Crippen molar-refractivity contribution in [1.29, 1.82) is 0 Å². The molecule has 1 aliphatic heterocycles. The molecule has 2 aromatic heterocycles. The molecule has 0 radical (unpaired) electrons. The number of alkyl halides is 3. The quantitative estimate of drug-likeness (QED) is 0.368. The van der Waals surface area contributed by atoms with Gasteiger partial charge >= 0.3 is 6.18 Å². The van der Waals surface area contributed by atoms with Crippen molar-refractivity contribution in [3.05, 3.63) is 85.2 Å². The molecule has 0 bridgehead atoms. The Labute approximate surface area is 199 Å². The minimum Gasteiger partial charge on any atom is -0.356 e. The van der Waals surface area contributed by atoms with Crippen molar-refractivity contribution >= 4 is 28.2 Å². The molecule has 1 aliphatic rings. The maximum Gasteiger partial charge on any atom is 0.416 e. The minimum atomic E-state index is -4.40. The van der Waals surface area contributed by atoms with Gasteiger partial charge < -0.3 is 10.2 Å². The molecular weight excluding hydrogens is 455 g/mol. The maximum absolute atomic E-state index is 13.0. The monoisotopic (exact) mass is 477 g/mol. The summed E-state index contributed by atoms with van der Waals surface area (Å²) in [6, 6.07) is 14.4. The minimum absolute atomic E-state index is 0.0411. The zero-order valence-electron chi connectivity index (χ0n) is 18.7. The van der Waals surface area contributed by atoms with E-state index >= 15 is 0 Å². The molecule has 0 saturated carbocycles. The molecule has 9 heteroatoms. The molecule has 1 N–H and O–H groups in total. The van der Waals surface area contributed by atoms with Crippen molar-refractivity contribution in [2.75, 3.05) is 18.4 Å². The van der Waals surface area contributed by atoms with Gasteiger partial charge in [0.25, 0.3) is 0 Å². The van der Waals surface area contributed by atoms with E-state index in [0.29, 0.717) is 24.5 Å². The van der Waals surface area contributed by atoms with Crippen LogP contribution >= 0.6 is 0 Å². The summed E-state index contributed by atoms with van der Waals surface area (Å²) in [6.45, 7) is 4.77. The van der Waals surface area contributed by atoms with E-state index in [4.69, 9.17) is 5.10 Å². The zero-order chi connectivity index (χ0) is 24.6. The summed E-state index contributed by atoms with van der Waals surface area (Å²) in [6.07, 6.45) is 1.20. The number of hydrogen-bond acceptors (Lipinski definition) is 4. The Bertz CT molecular complexity index is 1390. The molecule has 2 aromatic carbocycles. The highest BCUT2D eigenvalue weighted by atomic mass is 19.4. The molecule has 6 nitrogen and oxygen atoms in total. The van der Waals surface area contributed by atoms with E-state index in [1.807, 2.05) is 22.9 Å². The fraction of sp³-hybridized carbons (Fsp3) is 0.192. The average Bonchev–Trinajstić information content (AvgIpc) is 3.49. The first kappa shape index (κ1) is 22.6. The summed E-state index contributed by atoms with van der Waals surface area (Å²) in [5.74, 6) is -0.0882. The van der Waals surface area contributed by atoms with Gasteiger partial charge in [-0.25, -0.2) is 0 Å². The first-order valence-corrected chi connectivity index (χ1v) is 11.1. The smallest absolute Gasteiger partial charge is 0.356 e. The van der Waals surface area contributed by atoms with Gasteiger partial charge in [-0.05, 0) is 48.9 Å². The fourth-order valence-electron chi connectivity index (χ4n) is 4.40. The molecule has 0 aliphatic carbocycles. The van der Waals surface area contributed by atoms with Crippen molar-refractivity contribution in [2.45, 2.75) is 18.6 Å². The zero-order valence-corrected chi connectivity index (χ0v) is 18.7. The Morgan fingerprint density at radius 2 is 1.91 bits per heavy atom. The van der Waals surface area contributed by atoms with Gasteiger partial charge in [-0.3, -0.25) is 14.5 Å². The van der Waals surface area contributed by atoms with Gasteiger partial charge in [0.05, 0.1) is 17.1 Å². The second-order valence-corrected chi connectivity index (χ2v) is 8.40. The lowest BCUT2D eigenvalue weighted by Crippen LogP contribution is -2.27. The Morgan fingerprint density at radius 3 is 2.66 bits per heavy atom. The van der Waals surface area contributed by atoms with Crippen LogP contribution in [0.3, 0.4) is 0 Å². The highest BCUT2D eigenvalue weighted by Gasteiger charge is 2.30. The normalized spacial score (nSPS) is 16.0. The van der Waals surface area contributed by atoms with Crippen LogP contribution in [0.25, 0.3) is 22.2 Å². The largest absolute Gasteiger partial charge is 0.416 e. The molecule has 1 amide bonds. The lowest BCUT2D eigenvalue weighted by molar-refractivity contribution is -0.137. The number of hydrogen-bond donors (Lipinski definition) is 1. The summed E-state index contributed by atoms with van der Waals surface area (Å²) in [5, 5.41) is 8.79. The van der Waals surface area contributed by atoms with E-state index < -0.39 is 11.7 Å². The molecule has 1 saturated heterocycles. The van der Waals surface area contributed by atoms with Gasteiger partial charge in [-0.2, -0.15) is 18.3 Å². The second kappa shape index (κ2) is 8.90. The topological polar surface area (TPSA) is 63.1 Å². The van der Waals surface area contributed by atoms with E-state index in [1.165, 1.54) is 12.1 Å². The Balaban J connectivity index is 1.42. The van der Waals surface area contributed by atoms with Crippen LogP contribution in [0.5, 0.6) is 0 Å². The van der Waals surface area contributed by atoms with E-state index in [1.54, 1.807) is 35.5 Å². The SMILES string of the molecule is C=CC(=O)N1CC[C@@H](n2nc(-c3ccc(Nc4cccc(C(F)(F)F)c4)cc3)c3cnccc32)C1. The maximum atomic E-state index is 13.0. The number of carbonyl (C=O) groups is 1. The van der Waals surface area contributed by atoms with Gasteiger partial charge in [0.2, 0.25) is 5.91 Å². The van der Waals surface area contributed by atoms with Crippen LogP contribution in [-0.2, 0) is 11.0 Å². The number of nitrogens with zero attached hydrogens (tertiary/aromatic N) is 4. The third kappa shape index (κ3) is 4.49. The highest BCUT2D eigenvalue weighted by Crippen LogP contribution is 2.34. The van der Waals surface area contributed by atoms with Crippen LogP contribution in [0.1, 0.15) is 18.0 Å². The molecule has 0 unspecified atom stereocenters. The van der Waals surface area contributed by atoms with Crippen LogP contribution in [0.2, 0.25) is 0 Å². The van der Waals surface area contributed by atoms with Gasteiger partial charge in [0.1, 0.15) is 5.69 Å². The number of benzene rings is 2. The first-order chi connectivity index (χ1) is 16.8. The van der Waals surface area contributed by atoms with Crippen LogP contribution in [0, 0.1) is 0 Å². The number of fused-ring (bicyclic) bond motifs is 1. The predicted molar refractivity (Wildman–Crippen MR) is 128 cm³/mol. The number of pyridine rings is 1. The Kier molecular flexibility index (Phi) is 5.76. The van der Waals surface area contributed by atoms with Gasteiger partial charge in [0.15, 0.2) is 0 Å². The van der Waals surface area contributed by atoms with Crippen molar-refractivity contribution in [3.63, 3.8) is 0 Å². The number of amides is 1. The summed E-state index contributed by atoms with van der Waals surface area (Å²) < 4.78 is 41.0. The third-order valence-corrected chi connectivity index (χ3v) is 6.14. The molecule has 1 fully saturated rings.